The predicted octanol–water partition coefficient (Wildman–Crippen LogP) is 3.19. The molecule has 0 aromatic heterocycles. The molecular formula is C11H13NO2. The second-order valence-corrected chi connectivity index (χ2v) is 3.10. The average Bonchev–Trinajstić information content (AvgIpc) is 2.18. The van der Waals surface area contributed by atoms with Gasteiger partial charge in [0.15, 0.2) is 0 Å². The number of benzene rings is 1. The van der Waals surface area contributed by atoms with Crippen molar-refractivity contribution in [3.05, 3.63) is 46.0 Å². The fourth-order valence-corrected chi connectivity index (χ4v) is 1.36. The molecule has 0 saturated carbocycles. The van der Waals surface area contributed by atoms with Crippen molar-refractivity contribution >= 4 is 11.8 Å². The summed E-state index contributed by atoms with van der Waals surface area (Å²) in [5, 5.41) is 10.7. The van der Waals surface area contributed by atoms with Gasteiger partial charge in [-0.05, 0) is 18.1 Å². The van der Waals surface area contributed by atoms with Crippen molar-refractivity contribution in [1.82, 2.24) is 0 Å². The second-order valence-electron chi connectivity index (χ2n) is 3.10. The second kappa shape index (κ2) is 4.56. The minimum Gasteiger partial charge on any atom is -0.258 e. The molecule has 0 N–H and O–H groups in total. The zero-order valence-electron chi connectivity index (χ0n) is 8.19. The van der Waals surface area contributed by atoms with Crippen molar-refractivity contribution in [2.75, 3.05) is 0 Å². The first kappa shape index (κ1) is 10.4. The van der Waals surface area contributed by atoms with Gasteiger partial charge in [-0.1, -0.05) is 32.1 Å². The van der Waals surface area contributed by atoms with E-state index in [4.69, 9.17) is 0 Å². The highest BCUT2D eigenvalue weighted by molar-refractivity contribution is 5.60. The van der Waals surface area contributed by atoms with Crippen LogP contribution < -0.4 is 0 Å². The quantitative estimate of drug-likeness (QED) is 0.541. The largest absolute Gasteiger partial charge is 0.276 e. The zero-order valence-corrected chi connectivity index (χ0v) is 8.19. The Hall–Kier alpha value is -1.64. The molecule has 0 atom stereocenters. The molecule has 0 amide bonds. The van der Waals surface area contributed by atoms with E-state index in [0.29, 0.717) is 5.56 Å². The molecule has 0 heterocycles. The highest BCUT2D eigenvalue weighted by Gasteiger charge is 2.11. The van der Waals surface area contributed by atoms with Gasteiger partial charge in [-0.3, -0.25) is 10.1 Å². The Bertz CT molecular complexity index is 358. The van der Waals surface area contributed by atoms with Gasteiger partial charge in [0.25, 0.3) is 5.69 Å². The average molecular weight is 191 g/mol. The molecule has 14 heavy (non-hydrogen) atoms. The lowest BCUT2D eigenvalue weighted by molar-refractivity contribution is -0.385. The summed E-state index contributed by atoms with van der Waals surface area (Å²) in [6.07, 6.45) is 3.37. The van der Waals surface area contributed by atoms with E-state index in [2.05, 4.69) is 6.58 Å². The van der Waals surface area contributed by atoms with Crippen molar-refractivity contribution in [3.63, 3.8) is 0 Å². The zero-order chi connectivity index (χ0) is 10.6. The molecule has 0 bridgehead atoms. The molecule has 0 aliphatic rings. The van der Waals surface area contributed by atoms with Gasteiger partial charge in [0.05, 0.1) is 10.5 Å². The normalized spacial score (nSPS) is 9.79. The molecule has 0 unspecified atom stereocenters. The molecule has 0 aliphatic heterocycles. The van der Waals surface area contributed by atoms with Crippen LogP contribution in [-0.2, 0) is 6.42 Å². The third-order valence-electron chi connectivity index (χ3n) is 2.05. The van der Waals surface area contributed by atoms with Gasteiger partial charge in [0.2, 0.25) is 0 Å². The summed E-state index contributed by atoms with van der Waals surface area (Å²) < 4.78 is 0. The Morgan fingerprint density at radius 1 is 1.57 bits per heavy atom. The Balaban J connectivity index is 3.13. The van der Waals surface area contributed by atoms with Crippen LogP contribution in [0.5, 0.6) is 0 Å². The lowest BCUT2D eigenvalue weighted by Crippen LogP contribution is -1.93. The van der Waals surface area contributed by atoms with E-state index in [-0.39, 0.29) is 10.6 Å². The van der Waals surface area contributed by atoms with Crippen LogP contribution in [0, 0.1) is 10.1 Å². The monoisotopic (exact) mass is 191 g/mol. The summed E-state index contributed by atoms with van der Waals surface area (Å²) >= 11 is 0. The third kappa shape index (κ3) is 2.19. The smallest absolute Gasteiger partial charge is 0.258 e. The van der Waals surface area contributed by atoms with E-state index in [9.17, 15) is 10.1 Å². The van der Waals surface area contributed by atoms with Crippen LogP contribution >= 0.6 is 0 Å². The van der Waals surface area contributed by atoms with Crippen molar-refractivity contribution in [2.45, 2.75) is 19.8 Å². The number of nitro groups is 1. The maximum atomic E-state index is 10.7. The molecular weight excluding hydrogens is 178 g/mol. The molecule has 1 aromatic rings. The number of nitrogens with zero attached hydrogens (tertiary/aromatic N) is 1. The fraction of sp³-hybridized carbons (Fsp3) is 0.273. The van der Waals surface area contributed by atoms with Crippen molar-refractivity contribution in [1.29, 1.82) is 0 Å². The maximum Gasteiger partial charge on any atom is 0.276 e. The molecule has 3 nitrogen and oxygen atoms in total. The first-order valence-corrected chi connectivity index (χ1v) is 4.58. The van der Waals surface area contributed by atoms with Crippen LogP contribution in [-0.4, -0.2) is 4.92 Å². The highest BCUT2D eigenvalue weighted by Crippen LogP contribution is 2.21. The van der Waals surface area contributed by atoms with Crippen LogP contribution in [0.3, 0.4) is 0 Å². The first-order chi connectivity index (χ1) is 6.69. The van der Waals surface area contributed by atoms with E-state index in [0.717, 1.165) is 18.4 Å². The maximum absolute atomic E-state index is 10.7. The molecule has 1 rings (SSSR count). The van der Waals surface area contributed by atoms with Gasteiger partial charge in [-0.2, -0.15) is 0 Å². The summed E-state index contributed by atoms with van der Waals surface area (Å²) in [6, 6.07) is 5.28. The van der Waals surface area contributed by atoms with Crippen LogP contribution in [0.2, 0.25) is 0 Å². The van der Waals surface area contributed by atoms with E-state index in [1.165, 1.54) is 6.08 Å². The molecule has 1 aromatic carbocycles. The molecule has 0 spiro atoms. The Labute approximate surface area is 83.2 Å². The van der Waals surface area contributed by atoms with Gasteiger partial charge in [0, 0.05) is 6.07 Å². The number of rotatable bonds is 4. The number of hydrogen-bond donors (Lipinski definition) is 0. The molecule has 0 fully saturated rings. The van der Waals surface area contributed by atoms with E-state index in [1.54, 1.807) is 12.1 Å². The lowest BCUT2D eigenvalue weighted by atomic mass is 10.1. The number of nitro benzene ring substituents is 1. The first-order valence-electron chi connectivity index (χ1n) is 4.58. The summed E-state index contributed by atoms with van der Waals surface area (Å²) in [5.41, 5.74) is 1.73. The van der Waals surface area contributed by atoms with Crippen molar-refractivity contribution in [2.24, 2.45) is 0 Å². The van der Waals surface area contributed by atoms with Crippen molar-refractivity contribution < 1.29 is 4.92 Å². The van der Waals surface area contributed by atoms with Crippen LogP contribution in [0.4, 0.5) is 5.69 Å². The Morgan fingerprint density at radius 2 is 2.29 bits per heavy atom. The standard InChI is InChI=1S/C11H13NO2/c1-3-5-9-6-7-10(4-2)11(8-9)12(13)14/h4,6-8H,2-3,5H2,1H3. The molecule has 3 heteroatoms. The highest BCUT2D eigenvalue weighted by atomic mass is 16.6. The molecule has 0 aliphatic carbocycles. The number of aryl methyl sites for hydroxylation is 1. The van der Waals surface area contributed by atoms with Crippen LogP contribution in [0.25, 0.3) is 6.08 Å². The van der Waals surface area contributed by atoms with Gasteiger partial charge in [-0.15, -0.1) is 0 Å². The lowest BCUT2D eigenvalue weighted by Gasteiger charge is -2.01. The summed E-state index contributed by atoms with van der Waals surface area (Å²) in [7, 11) is 0. The summed E-state index contributed by atoms with van der Waals surface area (Å²) in [4.78, 5) is 10.3. The summed E-state index contributed by atoms with van der Waals surface area (Å²) in [5.74, 6) is 0. The van der Waals surface area contributed by atoms with Crippen molar-refractivity contribution in [3.8, 4) is 0 Å². The van der Waals surface area contributed by atoms with Crippen LogP contribution in [0.1, 0.15) is 24.5 Å². The predicted molar refractivity (Wildman–Crippen MR) is 57.2 cm³/mol. The van der Waals surface area contributed by atoms with Gasteiger partial charge < -0.3 is 0 Å². The number of hydrogen-bond acceptors (Lipinski definition) is 2. The SMILES string of the molecule is C=Cc1ccc(CCC)cc1[N+](=O)[O-]. The summed E-state index contributed by atoms with van der Waals surface area (Å²) in [6.45, 7) is 5.59. The fourth-order valence-electron chi connectivity index (χ4n) is 1.36. The Morgan fingerprint density at radius 3 is 2.79 bits per heavy atom. The Kier molecular flexibility index (Phi) is 3.40. The minimum atomic E-state index is -0.365. The molecule has 0 radical (unpaired) electrons. The van der Waals surface area contributed by atoms with E-state index >= 15 is 0 Å². The van der Waals surface area contributed by atoms with Gasteiger partial charge >= 0.3 is 0 Å². The molecule has 74 valence electrons. The van der Waals surface area contributed by atoms with Gasteiger partial charge in [-0.25, -0.2) is 0 Å². The topological polar surface area (TPSA) is 43.1 Å². The van der Waals surface area contributed by atoms with E-state index in [1.807, 2.05) is 13.0 Å². The molecule has 0 saturated heterocycles. The van der Waals surface area contributed by atoms with E-state index < -0.39 is 0 Å². The third-order valence-corrected chi connectivity index (χ3v) is 2.05. The van der Waals surface area contributed by atoms with Gasteiger partial charge in [0.1, 0.15) is 0 Å². The minimum absolute atomic E-state index is 0.144. The van der Waals surface area contributed by atoms with Crippen LogP contribution in [0.15, 0.2) is 24.8 Å².